The van der Waals surface area contributed by atoms with E-state index in [2.05, 4.69) is 4.98 Å². The van der Waals surface area contributed by atoms with Gasteiger partial charge in [-0.3, -0.25) is 0 Å². The number of alkyl halides is 3. The average Bonchev–Trinajstić information content (AvgIpc) is 3.27. The van der Waals surface area contributed by atoms with Gasteiger partial charge in [0.05, 0.1) is 12.7 Å². The molecule has 156 valence electrons. The number of rotatable bonds is 4. The Balaban J connectivity index is 1.46. The minimum absolute atomic E-state index is 0.101. The molecule has 2 unspecified atom stereocenters. The fourth-order valence-corrected chi connectivity index (χ4v) is 5.75. The Labute approximate surface area is 167 Å². The molecule has 2 fully saturated rings. The predicted molar refractivity (Wildman–Crippen MR) is 100 cm³/mol. The maximum absolute atomic E-state index is 13.0. The highest BCUT2D eigenvalue weighted by molar-refractivity contribution is 7.89. The minimum atomic E-state index is -4.42. The van der Waals surface area contributed by atoms with E-state index in [-0.39, 0.29) is 16.7 Å². The Morgan fingerprint density at radius 1 is 1.03 bits per heavy atom. The lowest BCUT2D eigenvalue weighted by Crippen LogP contribution is -2.33. The third-order valence-electron chi connectivity index (χ3n) is 5.54. The molecule has 4 rings (SSSR count). The molecular formula is C19H20F3N3O3S. The van der Waals surface area contributed by atoms with E-state index < -0.39 is 21.8 Å². The highest BCUT2D eigenvalue weighted by atomic mass is 32.2. The number of sulfonamides is 1. The van der Waals surface area contributed by atoms with Crippen molar-refractivity contribution >= 4 is 15.8 Å². The van der Waals surface area contributed by atoms with Gasteiger partial charge in [0, 0.05) is 32.4 Å². The molecule has 0 aliphatic carbocycles. The number of anilines is 1. The number of ether oxygens (including phenoxy) is 1. The molecule has 2 saturated heterocycles. The van der Waals surface area contributed by atoms with Crippen molar-refractivity contribution in [2.75, 3.05) is 38.2 Å². The first kappa shape index (κ1) is 20.0. The molecule has 0 N–H and O–H groups in total. The normalized spacial score (nSPS) is 22.7. The summed E-state index contributed by atoms with van der Waals surface area (Å²) in [5, 5.41) is 0. The van der Waals surface area contributed by atoms with E-state index in [9.17, 15) is 21.6 Å². The molecule has 0 radical (unpaired) electrons. The summed E-state index contributed by atoms with van der Waals surface area (Å²) < 4.78 is 70.9. The number of hydrogen-bond acceptors (Lipinski definition) is 5. The fraction of sp³-hybridized carbons (Fsp3) is 0.421. The van der Waals surface area contributed by atoms with Crippen LogP contribution in [-0.2, 0) is 16.2 Å². The molecule has 6 nitrogen and oxygen atoms in total. The second-order valence-electron chi connectivity index (χ2n) is 7.30. The molecule has 10 heteroatoms. The summed E-state index contributed by atoms with van der Waals surface area (Å²) in [7, 11) is -2.25. The monoisotopic (exact) mass is 427 g/mol. The molecule has 0 spiro atoms. The van der Waals surface area contributed by atoms with Crippen molar-refractivity contribution in [3.63, 3.8) is 0 Å². The first-order valence-electron chi connectivity index (χ1n) is 9.11. The highest BCUT2D eigenvalue weighted by Gasteiger charge is 2.45. The summed E-state index contributed by atoms with van der Waals surface area (Å²) in [5.74, 6) is 0.985. The lowest BCUT2D eigenvalue weighted by Gasteiger charge is -2.23. The zero-order valence-corrected chi connectivity index (χ0v) is 16.4. The largest absolute Gasteiger partial charge is 0.495 e. The van der Waals surface area contributed by atoms with Gasteiger partial charge in [-0.05, 0) is 36.1 Å². The van der Waals surface area contributed by atoms with Crippen LogP contribution in [0.25, 0.3) is 0 Å². The van der Waals surface area contributed by atoms with Crippen molar-refractivity contribution in [3.8, 4) is 5.75 Å². The van der Waals surface area contributed by atoms with Crippen molar-refractivity contribution in [1.82, 2.24) is 9.29 Å². The van der Waals surface area contributed by atoms with Crippen LogP contribution in [0.5, 0.6) is 5.75 Å². The average molecular weight is 427 g/mol. The number of fused-ring (bicyclic) bond motifs is 1. The third-order valence-corrected chi connectivity index (χ3v) is 7.41. The summed E-state index contributed by atoms with van der Waals surface area (Å²) in [5.41, 5.74) is -0.783. The number of hydrogen-bond donors (Lipinski definition) is 0. The standard InChI is InChI=1S/C19H20F3N3O3S/c1-28-16-4-2-3-5-17(16)29(26,27)25-11-13-9-24(10-14(13)12-25)18-7-6-15(8-23-18)19(20,21)22/h2-8,13-14H,9-12H2,1H3. The molecule has 0 amide bonds. The van der Waals surface area contributed by atoms with E-state index in [0.717, 1.165) is 12.3 Å². The van der Waals surface area contributed by atoms with Crippen molar-refractivity contribution < 1.29 is 26.3 Å². The van der Waals surface area contributed by atoms with Crippen LogP contribution in [0.3, 0.4) is 0 Å². The maximum Gasteiger partial charge on any atom is 0.417 e. The van der Waals surface area contributed by atoms with E-state index in [4.69, 9.17) is 4.74 Å². The van der Waals surface area contributed by atoms with Crippen LogP contribution in [0.4, 0.5) is 19.0 Å². The van der Waals surface area contributed by atoms with E-state index in [0.29, 0.717) is 37.7 Å². The summed E-state index contributed by atoms with van der Waals surface area (Å²) >= 11 is 0. The fourth-order valence-electron chi connectivity index (χ4n) is 4.05. The Kier molecular flexibility index (Phi) is 4.94. The number of nitrogens with zero attached hydrogens (tertiary/aromatic N) is 3. The first-order chi connectivity index (χ1) is 13.7. The van der Waals surface area contributed by atoms with Gasteiger partial charge >= 0.3 is 6.18 Å². The van der Waals surface area contributed by atoms with E-state index >= 15 is 0 Å². The van der Waals surface area contributed by atoms with Crippen LogP contribution in [0.1, 0.15) is 5.56 Å². The number of halogens is 3. The van der Waals surface area contributed by atoms with Gasteiger partial charge in [-0.2, -0.15) is 17.5 Å². The zero-order valence-electron chi connectivity index (χ0n) is 15.6. The van der Waals surface area contributed by atoms with Crippen molar-refractivity contribution in [2.45, 2.75) is 11.1 Å². The Morgan fingerprint density at radius 3 is 2.24 bits per heavy atom. The van der Waals surface area contributed by atoms with Crippen LogP contribution in [0.2, 0.25) is 0 Å². The molecule has 2 atom stereocenters. The zero-order chi connectivity index (χ0) is 20.8. The maximum atomic E-state index is 13.0. The summed E-state index contributed by atoms with van der Waals surface area (Å²) in [6.07, 6.45) is -3.58. The van der Waals surface area contributed by atoms with E-state index in [1.54, 1.807) is 18.2 Å². The van der Waals surface area contributed by atoms with Crippen LogP contribution in [0, 0.1) is 11.8 Å². The Hall–Kier alpha value is -2.33. The summed E-state index contributed by atoms with van der Waals surface area (Å²) in [6.45, 7) is 1.84. The van der Waals surface area contributed by atoms with Gasteiger partial charge < -0.3 is 9.64 Å². The molecule has 1 aromatic heterocycles. The molecule has 1 aromatic carbocycles. The van der Waals surface area contributed by atoms with Crippen LogP contribution >= 0.6 is 0 Å². The predicted octanol–water partition coefficient (Wildman–Crippen LogP) is 2.87. The van der Waals surface area contributed by atoms with Gasteiger partial charge in [0.25, 0.3) is 0 Å². The van der Waals surface area contributed by atoms with Crippen molar-refractivity contribution in [3.05, 3.63) is 48.2 Å². The minimum Gasteiger partial charge on any atom is -0.495 e. The van der Waals surface area contributed by atoms with Crippen molar-refractivity contribution in [2.24, 2.45) is 11.8 Å². The molecule has 2 aliphatic rings. The Morgan fingerprint density at radius 2 is 1.69 bits per heavy atom. The Bertz CT molecular complexity index is 982. The van der Waals surface area contributed by atoms with Crippen LogP contribution in [0.15, 0.2) is 47.5 Å². The number of benzene rings is 1. The van der Waals surface area contributed by atoms with Crippen molar-refractivity contribution in [1.29, 1.82) is 0 Å². The molecule has 0 saturated carbocycles. The van der Waals surface area contributed by atoms with E-state index in [1.165, 1.54) is 23.5 Å². The second-order valence-corrected chi connectivity index (χ2v) is 9.21. The number of para-hydroxylation sites is 1. The second kappa shape index (κ2) is 7.17. The number of pyridine rings is 1. The summed E-state index contributed by atoms with van der Waals surface area (Å²) in [4.78, 5) is 6.01. The summed E-state index contributed by atoms with van der Waals surface area (Å²) in [6, 6.07) is 8.90. The van der Waals surface area contributed by atoms with Gasteiger partial charge in [-0.15, -0.1) is 0 Å². The quantitative estimate of drug-likeness (QED) is 0.751. The molecule has 2 aliphatic heterocycles. The van der Waals surface area contributed by atoms with Gasteiger partial charge in [0.1, 0.15) is 16.5 Å². The molecule has 29 heavy (non-hydrogen) atoms. The lowest BCUT2D eigenvalue weighted by atomic mass is 10.0. The third kappa shape index (κ3) is 3.66. The lowest BCUT2D eigenvalue weighted by molar-refractivity contribution is -0.137. The smallest absolute Gasteiger partial charge is 0.417 e. The first-order valence-corrected chi connectivity index (χ1v) is 10.6. The number of methoxy groups -OCH3 is 1. The van der Waals surface area contributed by atoms with Gasteiger partial charge in [0.2, 0.25) is 10.0 Å². The van der Waals surface area contributed by atoms with Crippen LogP contribution < -0.4 is 9.64 Å². The van der Waals surface area contributed by atoms with E-state index in [1.807, 2.05) is 4.90 Å². The van der Waals surface area contributed by atoms with Crippen LogP contribution in [-0.4, -0.2) is 51.0 Å². The van der Waals surface area contributed by atoms with Gasteiger partial charge in [-0.1, -0.05) is 12.1 Å². The molecule has 3 heterocycles. The van der Waals surface area contributed by atoms with Gasteiger partial charge in [0.15, 0.2) is 0 Å². The number of aromatic nitrogens is 1. The molecule has 0 bridgehead atoms. The molecular weight excluding hydrogens is 407 g/mol. The topological polar surface area (TPSA) is 62.7 Å². The highest BCUT2D eigenvalue weighted by Crippen LogP contribution is 2.38. The van der Waals surface area contributed by atoms with Gasteiger partial charge in [-0.25, -0.2) is 13.4 Å². The molecule has 2 aromatic rings. The SMILES string of the molecule is COc1ccccc1S(=O)(=O)N1CC2CN(c3ccc(C(F)(F)F)cn3)CC2C1.